The summed E-state index contributed by atoms with van der Waals surface area (Å²) in [6.07, 6.45) is -0.654. The van der Waals surface area contributed by atoms with Gasteiger partial charge in [0.15, 0.2) is 18.3 Å². The number of esters is 2. The maximum atomic E-state index is 13.1. The minimum Gasteiger partial charge on any atom is -0.479 e. The summed E-state index contributed by atoms with van der Waals surface area (Å²) >= 11 is 18.9. The third kappa shape index (κ3) is 16.5. The van der Waals surface area contributed by atoms with Crippen molar-refractivity contribution in [3.63, 3.8) is 0 Å². The number of hydrogen-bond acceptors (Lipinski definition) is 11. The van der Waals surface area contributed by atoms with Crippen LogP contribution in [0.25, 0.3) is 66.1 Å². The van der Waals surface area contributed by atoms with Crippen molar-refractivity contribution in [2.45, 2.75) is 146 Å². The van der Waals surface area contributed by atoms with E-state index in [2.05, 4.69) is 67.1 Å². The van der Waals surface area contributed by atoms with Gasteiger partial charge in [0.1, 0.15) is 0 Å². The maximum absolute atomic E-state index is 13.1. The summed E-state index contributed by atoms with van der Waals surface area (Å²) in [5, 5.41) is 25.0. The Kier molecular flexibility index (Phi) is 22.5. The highest BCUT2D eigenvalue weighted by atomic mass is 35.5. The van der Waals surface area contributed by atoms with Crippen LogP contribution in [-0.4, -0.2) is 67.5 Å². The zero-order valence-electron chi connectivity index (χ0n) is 52.1. The molecule has 0 aliphatic rings. The predicted molar refractivity (Wildman–Crippen MR) is 352 cm³/mol. The van der Waals surface area contributed by atoms with E-state index in [9.17, 15) is 24.6 Å². The second-order valence-electron chi connectivity index (χ2n) is 23.1. The average Bonchev–Trinajstić information content (AvgIpc) is 0.834. The molecule has 87 heavy (non-hydrogen) atoms. The lowest BCUT2D eigenvalue weighted by Gasteiger charge is -2.29. The minimum atomic E-state index is -1.42. The van der Waals surface area contributed by atoms with Crippen LogP contribution >= 0.6 is 34.8 Å². The molecule has 0 bridgehead atoms. The van der Waals surface area contributed by atoms with Gasteiger partial charge in [0.05, 0.1) is 41.0 Å². The van der Waals surface area contributed by atoms with Gasteiger partial charge in [-0.05, 0) is 200 Å². The molecule has 0 saturated heterocycles. The predicted octanol–water partition coefficient (Wildman–Crippen LogP) is 18.2. The minimum absolute atomic E-state index is 0.197. The highest BCUT2D eigenvalue weighted by Gasteiger charge is 2.35. The molecule has 0 spiro atoms. The number of hydrogen-bond donors (Lipinski definition) is 2. The Morgan fingerprint density at radius 1 is 0.448 bits per heavy atom. The van der Waals surface area contributed by atoms with E-state index in [0.29, 0.717) is 43.1 Å². The zero-order valence-corrected chi connectivity index (χ0v) is 54.4. The van der Waals surface area contributed by atoms with Crippen LogP contribution in [0.1, 0.15) is 145 Å². The number of carboxylic acids is 1. The van der Waals surface area contributed by atoms with Crippen LogP contribution in [0.15, 0.2) is 127 Å². The third-order valence-electron chi connectivity index (χ3n) is 14.5. The van der Waals surface area contributed by atoms with E-state index in [1.165, 1.54) is 16.7 Å². The van der Waals surface area contributed by atoms with Gasteiger partial charge in [-0.25, -0.2) is 14.4 Å². The molecule has 2 N–H and O–H groups in total. The Hall–Kier alpha value is -7.29. The van der Waals surface area contributed by atoms with Crippen LogP contribution in [0.5, 0.6) is 0 Å². The summed E-state index contributed by atoms with van der Waals surface area (Å²) in [5.41, 5.74) is 13.7. The Balaban J connectivity index is 0.000000187. The number of halogens is 3. The first kappa shape index (κ1) is 67.2. The molecule has 12 nitrogen and oxygen atoms in total. The van der Waals surface area contributed by atoms with Crippen LogP contribution in [0.3, 0.4) is 0 Å². The molecule has 0 saturated carbocycles. The van der Waals surface area contributed by atoms with Crippen molar-refractivity contribution >= 4 is 85.4 Å². The van der Waals surface area contributed by atoms with Crippen LogP contribution in [0, 0.1) is 20.8 Å². The average molecular weight is 1240 g/mol. The number of aliphatic hydroxyl groups is 1. The molecule has 3 atom stereocenters. The molecule has 0 aliphatic carbocycles. The van der Waals surface area contributed by atoms with Gasteiger partial charge in [0, 0.05) is 65.0 Å². The quantitative estimate of drug-likeness (QED) is 0.0880. The SMILES string of the molecule is CCOC(=O)C(O)c1c(C)nc2ccc(Cl)cc2c1-c1ccc(CC)cc1.CCOC(=O)C(OC(C)(C)C)c1c(C)nc2ccc(Cl)cc2c1-c1ccc(CC)cc1.CCc1ccc(-c2c(C(OC(C)(C)C)C(=O)O)c(C)nc3ccc(Cl)cc23)cc1. The van der Waals surface area contributed by atoms with E-state index in [1.54, 1.807) is 32.9 Å². The van der Waals surface area contributed by atoms with Crippen molar-refractivity contribution in [3.8, 4) is 33.4 Å². The highest BCUT2D eigenvalue weighted by Crippen LogP contribution is 2.43. The van der Waals surface area contributed by atoms with Crippen LogP contribution in [0.4, 0.5) is 0 Å². The number of aliphatic hydroxyl groups excluding tert-OH is 1. The fourth-order valence-corrected chi connectivity index (χ4v) is 11.0. The number of aliphatic carboxylic acids is 1. The number of carbonyl (C=O) groups excluding carboxylic acids is 2. The second-order valence-corrected chi connectivity index (χ2v) is 24.4. The van der Waals surface area contributed by atoms with Crippen molar-refractivity contribution in [2.24, 2.45) is 0 Å². The molecule has 3 heterocycles. The first-order valence-corrected chi connectivity index (χ1v) is 30.5. The van der Waals surface area contributed by atoms with E-state index in [4.69, 9.17) is 58.7 Å². The monoisotopic (exact) mass is 1230 g/mol. The molecular weight excluding hydrogens is 1160 g/mol. The molecular formula is C72H78Cl3N3O9. The summed E-state index contributed by atoms with van der Waals surface area (Å²) in [6, 6.07) is 41.2. The molecule has 3 unspecified atom stereocenters. The normalized spacial score (nSPS) is 12.6. The number of ether oxygens (including phenoxy) is 4. The van der Waals surface area contributed by atoms with Crippen LogP contribution < -0.4 is 0 Å². The molecule has 6 aromatic carbocycles. The molecule has 3 aromatic heterocycles. The first-order valence-electron chi connectivity index (χ1n) is 29.4. The van der Waals surface area contributed by atoms with E-state index < -0.39 is 47.4 Å². The fraction of sp³-hybridized carbons (Fsp3) is 0.333. The molecule has 456 valence electrons. The van der Waals surface area contributed by atoms with Gasteiger partial charge in [-0.3, -0.25) is 15.0 Å². The molecule has 0 fully saturated rings. The van der Waals surface area contributed by atoms with Crippen molar-refractivity contribution < 1.29 is 43.5 Å². The zero-order chi connectivity index (χ0) is 63.7. The summed E-state index contributed by atoms with van der Waals surface area (Å²) in [5.74, 6) is -2.15. The molecule has 9 aromatic rings. The Labute approximate surface area is 526 Å². The van der Waals surface area contributed by atoms with Crippen LogP contribution in [-0.2, 0) is 52.6 Å². The van der Waals surface area contributed by atoms with Gasteiger partial charge in [0.25, 0.3) is 0 Å². The molecule has 0 amide bonds. The number of carboxylic acid groups (broad SMARTS) is 1. The molecule has 0 radical (unpaired) electrons. The molecule has 9 rings (SSSR count). The lowest BCUT2D eigenvalue weighted by atomic mass is 9.90. The number of pyridine rings is 3. The summed E-state index contributed by atoms with van der Waals surface area (Å²) in [6.45, 7) is 27.1. The second kappa shape index (κ2) is 29.1. The number of nitrogens with zero attached hydrogens (tertiary/aromatic N) is 3. The lowest BCUT2D eigenvalue weighted by molar-refractivity contribution is -0.166. The van der Waals surface area contributed by atoms with Crippen LogP contribution in [0.2, 0.25) is 15.1 Å². The van der Waals surface area contributed by atoms with Crippen molar-refractivity contribution in [1.29, 1.82) is 0 Å². The van der Waals surface area contributed by atoms with E-state index in [0.717, 1.165) is 91.0 Å². The number of aryl methyl sites for hydroxylation is 6. The fourth-order valence-electron chi connectivity index (χ4n) is 10.5. The topological polar surface area (TPSA) is 167 Å². The van der Waals surface area contributed by atoms with E-state index in [-0.39, 0.29) is 13.2 Å². The third-order valence-corrected chi connectivity index (χ3v) is 15.2. The first-order chi connectivity index (χ1) is 41.2. The smallest absolute Gasteiger partial charge is 0.340 e. The van der Waals surface area contributed by atoms with Gasteiger partial charge in [-0.1, -0.05) is 128 Å². The Bertz CT molecular complexity index is 3930. The van der Waals surface area contributed by atoms with Crippen molar-refractivity contribution in [2.75, 3.05) is 13.2 Å². The summed E-state index contributed by atoms with van der Waals surface area (Å²) in [7, 11) is 0. The number of rotatable bonds is 16. The number of fused-ring (bicyclic) bond motifs is 3. The summed E-state index contributed by atoms with van der Waals surface area (Å²) in [4.78, 5) is 51.6. The number of benzene rings is 6. The standard InChI is InChI=1S/C26H30ClNO3.C24H26ClNO3.C22H22ClNO3/c1-7-17-9-11-18(12-10-17)23-20-15-19(27)13-14-21(20)28-16(3)22(23)24(25(29)30-8-2)31-26(4,5)6;1-6-15-7-9-16(10-8-15)21-18-13-17(25)11-12-19(18)26-14(2)20(21)22(23(27)28)29-24(3,4)5;1-4-14-6-8-15(9-7-14)20-17-12-16(23)10-11-18(17)24-13(3)19(20)21(25)22(26)27-5-2/h9-15,24H,7-8H2,1-6H3;7-13,22H,6H2,1-5H3,(H,27,28);6-12,21,25H,4-5H2,1-3H3. The van der Waals surface area contributed by atoms with Gasteiger partial charge < -0.3 is 29.2 Å². The van der Waals surface area contributed by atoms with Crippen molar-refractivity contribution in [1.82, 2.24) is 15.0 Å². The van der Waals surface area contributed by atoms with Gasteiger partial charge in [0.2, 0.25) is 0 Å². The molecule has 0 aliphatic heterocycles. The molecule has 15 heteroatoms. The Morgan fingerprint density at radius 2 is 0.747 bits per heavy atom. The Morgan fingerprint density at radius 3 is 1.06 bits per heavy atom. The maximum Gasteiger partial charge on any atom is 0.340 e. The largest absolute Gasteiger partial charge is 0.479 e. The van der Waals surface area contributed by atoms with Crippen molar-refractivity contribution in [3.05, 3.63) is 193 Å². The number of aromatic nitrogens is 3. The van der Waals surface area contributed by atoms with Gasteiger partial charge in [-0.15, -0.1) is 0 Å². The summed E-state index contributed by atoms with van der Waals surface area (Å²) < 4.78 is 22.7. The van der Waals surface area contributed by atoms with E-state index >= 15 is 0 Å². The van der Waals surface area contributed by atoms with E-state index in [1.807, 2.05) is 134 Å². The number of carbonyl (C=O) groups is 3. The van der Waals surface area contributed by atoms with Gasteiger partial charge >= 0.3 is 17.9 Å². The lowest BCUT2D eigenvalue weighted by Crippen LogP contribution is -2.30. The highest BCUT2D eigenvalue weighted by molar-refractivity contribution is 6.32. The van der Waals surface area contributed by atoms with Gasteiger partial charge in [-0.2, -0.15) is 0 Å².